The molecule has 1 aromatic carbocycles. The Balaban J connectivity index is 2.06. The number of rotatable bonds is 5. The molecular weight excluding hydrogens is 346 g/mol. The van der Waals surface area contributed by atoms with Gasteiger partial charge in [0, 0.05) is 33.3 Å². The van der Waals surface area contributed by atoms with Crippen molar-refractivity contribution >= 4 is 29.2 Å². The first kappa shape index (κ1) is 18.7. The van der Waals surface area contributed by atoms with E-state index in [-0.39, 0.29) is 18.5 Å². The fourth-order valence-electron chi connectivity index (χ4n) is 2.00. The van der Waals surface area contributed by atoms with Gasteiger partial charge in [0.25, 0.3) is 5.91 Å². The summed E-state index contributed by atoms with van der Waals surface area (Å²) in [6.07, 6.45) is 0.635. The van der Waals surface area contributed by atoms with Crippen molar-refractivity contribution in [2.45, 2.75) is 19.9 Å². The minimum atomic E-state index is -0.373. The van der Waals surface area contributed by atoms with Gasteiger partial charge in [-0.2, -0.15) is 0 Å². The smallest absolute Gasteiger partial charge is 0.322 e. The quantitative estimate of drug-likeness (QED) is 0.879. The zero-order valence-corrected chi connectivity index (χ0v) is 15.3. The standard InChI is InChI=1S/C16H20ClN5O3/c1-5-13-19-20-14(25-13)9-22(4)16(24)18-10-6-7-12(17)11(8-10)15(23)21(2)3/h6-8H,5,9H2,1-4H3,(H,18,24). The fraction of sp³-hybridized carbons (Fsp3) is 0.375. The molecule has 0 atom stereocenters. The number of amides is 3. The number of benzene rings is 1. The summed E-state index contributed by atoms with van der Waals surface area (Å²) in [4.78, 5) is 27.2. The molecule has 0 fully saturated rings. The summed E-state index contributed by atoms with van der Waals surface area (Å²) < 4.78 is 5.38. The maximum Gasteiger partial charge on any atom is 0.322 e. The van der Waals surface area contributed by atoms with Gasteiger partial charge in [-0.25, -0.2) is 4.79 Å². The van der Waals surface area contributed by atoms with E-state index in [0.717, 1.165) is 0 Å². The first-order valence-corrected chi connectivity index (χ1v) is 8.04. The van der Waals surface area contributed by atoms with Crippen molar-refractivity contribution in [3.63, 3.8) is 0 Å². The topological polar surface area (TPSA) is 91.6 Å². The monoisotopic (exact) mass is 365 g/mol. The highest BCUT2D eigenvalue weighted by Gasteiger charge is 2.16. The molecule has 1 aromatic heterocycles. The lowest BCUT2D eigenvalue weighted by Gasteiger charge is -2.17. The third kappa shape index (κ3) is 4.69. The summed E-state index contributed by atoms with van der Waals surface area (Å²) >= 11 is 6.06. The number of nitrogens with zero attached hydrogens (tertiary/aromatic N) is 4. The molecule has 0 spiro atoms. The normalized spacial score (nSPS) is 10.4. The maximum atomic E-state index is 12.3. The van der Waals surface area contributed by atoms with Crippen molar-refractivity contribution in [1.29, 1.82) is 0 Å². The van der Waals surface area contributed by atoms with Crippen LogP contribution in [0.3, 0.4) is 0 Å². The van der Waals surface area contributed by atoms with Crippen LogP contribution in [0, 0.1) is 0 Å². The molecule has 0 saturated carbocycles. The first-order valence-electron chi connectivity index (χ1n) is 7.66. The number of anilines is 1. The average molecular weight is 366 g/mol. The van der Waals surface area contributed by atoms with Gasteiger partial charge in [0.05, 0.1) is 10.6 Å². The second-order valence-corrected chi connectivity index (χ2v) is 6.03. The van der Waals surface area contributed by atoms with Gasteiger partial charge in [0.15, 0.2) is 0 Å². The lowest BCUT2D eigenvalue weighted by atomic mass is 10.2. The summed E-state index contributed by atoms with van der Waals surface area (Å²) in [7, 11) is 4.87. The highest BCUT2D eigenvalue weighted by atomic mass is 35.5. The Hall–Kier alpha value is -2.61. The second-order valence-electron chi connectivity index (χ2n) is 5.62. The zero-order chi connectivity index (χ0) is 18.6. The van der Waals surface area contributed by atoms with Gasteiger partial charge in [0.1, 0.15) is 6.54 Å². The molecule has 0 aliphatic rings. The van der Waals surface area contributed by atoms with E-state index in [2.05, 4.69) is 15.5 Å². The minimum absolute atomic E-state index is 0.176. The summed E-state index contributed by atoms with van der Waals surface area (Å²) in [5, 5.41) is 10.8. The molecule has 2 rings (SSSR count). The van der Waals surface area contributed by atoms with E-state index < -0.39 is 0 Å². The molecule has 0 unspecified atom stereocenters. The van der Waals surface area contributed by atoms with Gasteiger partial charge < -0.3 is 19.5 Å². The predicted molar refractivity (Wildman–Crippen MR) is 93.6 cm³/mol. The van der Waals surface area contributed by atoms with E-state index >= 15 is 0 Å². The van der Waals surface area contributed by atoms with E-state index in [9.17, 15) is 9.59 Å². The number of halogens is 1. The number of urea groups is 1. The second kappa shape index (κ2) is 7.98. The van der Waals surface area contributed by atoms with Crippen LogP contribution in [0.2, 0.25) is 5.02 Å². The molecule has 0 aliphatic heterocycles. The first-order chi connectivity index (χ1) is 11.8. The van der Waals surface area contributed by atoms with Crippen molar-refractivity contribution < 1.29 is 14.0 Å². The maximum absolute atomic E-state index is 12.3. The summed E-state index contributed by atoms with van der Waals surface area (Å²) in [5.74, 6) is 0.634. The zero-order valence-electron chi connectivity index (χ0n) is 14.5. The van der Waals surface area contributed by atoms with Crippen LogP contribution >= 0.6 is 11.6 Å². The lowest BCUT2D eigenvalue weighted by molar-refractivity contribution is 0.0828. The van der Waals surface area contributed by atoms with Crippen LogP contribution in [0.5, 0.6) is 0 Å². The van der Waals surface area contributed by atoms with E-state index in [4.69, 9.17) is 16.0 Å². The van der Waals surface area contributed by atoms with Gasteiger partial charge in [-0.15, -0.1) is 10.2 Å². The molecule has 1 heterocycles. The van der Waals surface area contributed by atoms with Crippen LogP contribution < -0.4 is 5.32 Å². The molecular formula is C16H20ClN5O3. The molecule has 25 heavy (non-hydrogen) atoms. The Labute approximate surface area is 150 Å². The molecule has 2 aromatic rings. The van der Waals surface area contributed by atoms with Crippen molar-refractivity contribution in [2.75, 3.05) is 26.5 Å². The Bertz CT molecular complexity index is 775. The lowest BCUT2D eigenvalue weighted by Crippen LogP contribution is -2.31. The van der Waals surface area contributed by atoms with Gasteiger partial charge in [-0.3, -0.25) is 4.79 Å². The highest BCUT2D eigenvalue weighted by Crippen LogP contribution is 2.22. The van der Waals surface area contributed by atoms with Crippen molar-refractivity contribution in [1.82, 2.24) is 20.0 Å². The third-order valence-corrected chi connectivity index (χ3v) is 3.71. The molecule has 3 amide bonds. The van der Waals surface area contributed by atoms with Gasteiger partial charge in [0.2, 0.25) is 11.8 Å². The Morgan fingerprint density at radius 1 is 1.20 bits per heavy atom. The summed E-state index contributed by atoms with van der Waals surface area (Å²) in [6.45, 7) is 2.08. The SMILES string of the molecule is CCc1nnc(CN(C)C(=O)Nc2ccc(Cl)c(C(=O)N(C)C)c2)o1. The van der Waals surface area contributed by atoms with E-state index in [0.29, 0.717) is 34.5 Å². The van der Waals surface area contributed by atoms with Crippen LogP contribution in [0.15, 0.2) is 22.6 Å². The van der Waals surface area contributed by atoms with Gasteiger partial charge in [-0.05, 0) is 18.2 Å². The number of hydrogen-bond donors (Lipinski definition) is 1. The number of carbonyl (C=O) groups excluding carboxylic acids is 2. The number of nitrogens with one attached hydrogen (secondary N) is 1. The van der Waals surface area contributed by atoms with Gasteiger partial charge in [-0.1, -0.05) is 18.5 Å². The van der Waals surface area contributed by atoms with Crippen molar-refractivity contribution in [3.8, 4) is 0 Å². The van der Waals surface area contributed by atoms with E-state index in [1.807, 2.05) is 6.92 Å². The van der Waals surface area contributed by atoms with Crippen LogP contribution in [0.25, 0.3) is 0 Å². The largest absolute Gasteiger partial charge is 0.423 e. The summed E-state index contributed by atoms with van der Waals surface area (Å²) in [6, 6.07) is 4.36. The Morgan fingerprint density at radius 3 is 2.48 bits per heavy atom. The number of hydrogen-bond acceptors (Lipinski definition) is 5. The minimum Gasteiger partial charge on any atom is -0.423 e. The third-order valence-electron chi connectivity index (χ3n) is 3.38. The molecule has 9 heteroatoms. The Kier molecular flexibility index (Phi) is 5.97. The molecule has 1 N–H and O–H groups in total. The van der Waals surface area contributed by atoms with Crippen molar-refractivity contribution in [2.24, 2.45) is 0 Å². The van der Waals surface area contributed by atoms with Crippen LogP contribution in [-0.4, -0.2) is 53.1 Å². The van der Waals surface area contributed by atoms with E-state index in [1.54, 1.807) is 33.3 Å². The summed E-state index contributed by atoms with van der Waals surface area (Å²) in [5.41, 5.74) is 0.780. The Morgan fingerprint density at radius 2 is 1.88 bits per heavy atom. The molecule has 0 saturated heterocycles. The molecule has 134 valence electrons. The highest BCUT2D eigenvalue weighted by molar-refractivity contribution is 6.34. The predicted octanol–water partition coefficient (Wildman–Crippen LogP) is 2.65. The van der Waals surface area contributed by atoms with Crippen molar-refractivity contribution in [3.05, 3.63) is 40.6 Å². The fourth-order valence-corrected chi connectivity index (χ4v) is 2.19. The van der Waals surface area contributed by atoms with E-state index in [1.165, 1.54) is 15.9 Å². The number of carbonyl (C=O) groups is 2. The van der Waals surface area contributed by atoms with Crippen LogP contribution in [-0.2, 0) is 13.0 Å². The van der Waals surface area contributed by atoms with Crippen LogP contribution in [0.4, 0.5) is 10.5 Å². The van der Waals surface area contributed by atoms with Crippen LogP contribution in [0.1, 0.15) is 29.1 Å². The molecule has 0 bridgehead atoms. The molecule has 0 aliphatic carbocycles. The average Bonchev–Trinajstić information content (AvgIpc) is 3.03. The molecule has 0 radical (unpaired) electrons. The molecule has 8 nitrogen and oxygen atoms in total. The number of aryl methyl sites for hydroxylation is 1. The number of aromatic nitrogens is 2. The van der Waals surface area contributed by atoms with Gasteiger partial charge >= 0.3 is 6.03 Å².